The minimum absolute atomic E-state index is 0.0823. The van der Waals surface area contributed by atoms with Gasteiger partial charge in [-0.05, 0) is 35.7 Å². The average molecular weight is 462 g/mol. The molecule has 11 nitrogen and oxygen atoms in total. The molecule has 3 aromatic rings. The van der Waals surface area contributed by atoms with Crippen molar-refractivity contribution in [3.8, 4) is 11.1 Å². The summed E-state index contributed by atoms with van der Waals surface area (Å²) in [5, 5.41) is 30.8. The molecule has 1 aromatic carbocycles. The first-order valence-corrected chi connectivity index (χ1v) is 11.0. The predicted molar refractivity (Wildman–Crippen MR) is 119 cm³/mol. The van der Waals surface area contributed by atoms with Crippen LogP contribution >= 0.6 is 0 Å². The fraction of sp³-hybridized carbons (Fsp3) is 0.348. The van der Waals surface area contributed by atoms with Crippen LogP contribution in [0.1, 0.15) is 17.7 Å². The number of aliphatic hydroxyl groups is 2. The second kappa shape index (κ2) is 7.89. The van der Waals surface area contributed by atoms with E-state index in [1.165, 1.54) is 0 Å². The Bertz CT molecular complexity index is 1260. The third-order valence-electron chi connectivity index (χ3n) is 6.62. The fourth-order valence-electron chi connectivity index (χ4n) is 4.74. The summed E-state index contributed by atoms with van der Waals surface area (Å²) in [6, 6.07) is 9.71. The summed E-state index contributed by atoms with van der Waals surface area (Å²) in [7, 11) is 0. The van der Waals surface area contributed by atoms with Gasteiger partial charge >= 0.3 is 6.09 Å². The van der Waals surface area contributed by atoms with Gasteiger partial charge in [-0.3, -0.25) is 9.88 Å². The van der Waals surface area contributed by atoms with Crippen LogP contribution in [-0.2, 0) is 22.5 Å². The smallest absolute Gasteiger partial charge is 0.415 e. The number of aliphatic hydroxyl groups excluding tert-OH is 2. The first-order chi connectivity index (χ1) is 16.6. The van der Waals surface area contributed by atoms with Gasteiger partial charge in [-0.2, -0.15) is 0 Å². The van der Waals surface area contributed by atoms with E-state index in [1.807, 2.05) is 24.3 Å². The third kappa shape index (κ3) is 3.32. The molecule has 1 saturated heterocycles. The van der Waals surface area contributed by atoms with Crippen molar-refractivity contribution < 1.29 is 24.6 Å². The number of oxime groups is 1. The van der Waals surface area contributed by atoms with E-state index in [0.29, 0.717) is 24.4 Å². The van der Waals surface area contributed by atoms with Crippen LogP contribution in [-0.4, -0.2) is 73.0 Å². The molecule has 0 bridgehead atoms. The maximum atomic E-state index is 12.6. The molecule has 3 aliphatic rings. The van der Waals surface area contributed by atoms with Crippen molar-refractivity contribution in [1.82, 2.24) is 20.0 Å². The van der Waals surface area contributed by atoms with Crippen LogP contribution < -0.4 is 4.90 Å². The van der Waals surface area contributed by atoms with Crippen LogP contribution in [0.4, 0.5) is 10.5 Å². The van der Waals surface area contributed by atoms with Gasteiger partial charge in [0.1, 0.15) is 11.8 Å². The van der Waals surface area contributed by atoms with Crippen LogP contribution in [0.5, 0.6) is 0 Å². The van der Waals surface area contributed by atoms with Crippen LogP contribution in [0, 0.1) is 0 Å². The number of aromatic nitrogens is 4. The molecule has 0 spiro atoms. The monoisotopic (exact) mass is 462 g/mol. The number of carbonyl (C=O) groups excluding carboxylic acids is 1. The van der Waals surface area contributed by atoms with Gasteiger partial charge in [0.25, 0.3) is 0 Å². The van der Waals surface area contributed by atoms with E-state index in [4.69, 9.17) is 9.57 Å². The predicted octanol–water partition coefficient (Wildman–Crippen LogP) is 1.14. The number of carbonyl (C=O) groups is 1. The molecule has 174 valence electrons. The molecule has 1 fully saturated rings. The highest BCUT2D eigenvalue weighted by Crippen LogP contribution is 2.41. The lowest BCUT2D eigenvalue weighted by atomic mass is 9.97. The molecule has 34 heavy (non-hydrogen) atoms. The number of hydrogen-bond donors (Lipinski definition) is 2. The molecule has 0 aliphatic carbocycles. The lowest BCUT2D eigenvalue weighted by Gasteiger charge is -2.20. The molecule has 11 heteroatoms. The van der Waals surface area contributed by atoms with Gasteiger partial charge < -0.3 is 19.8 Å². The Hall–Kier alpha value is -3.83. The molecule has 0 saturated carbocycles. The number of nitrogens with zero attached hydrogens (tertiary/aromatic N) is 6. The van der Waals surface area contributed by atoms with Crippen molar-refractivity contribution in [3.63, 3.8) is 0 Å². The Morgan fingerprint density at radius 1 is 1.15 bits per heavy atom. The zero-order valence-corrected chi connectivity index (χ0v) is 18.1. The molecular formula is C23H22N6O5. The van der Waals surface area contributed by atoms with Gasteiger partial charge in [0.2, 0.25) is 0 Å². The van der Waals surface area contributed by atoms with Crippen molar-refractivity contribution in [1.29, 1.82) is 0 Å². The number of hydrogen-bond acceptors (Lipinski definition) is 9. The topological polar surface area (TPSA) is 135 Å². The highest BCUT2D eigenvalue weighted by atomic mass is 16.7. The lowest BCUT2D eigenvalue weighted by molar-refractivity contribution is -0.0878. The number of cyclic esters (lactones) is 1. The quantitative estimate of drug-likeness (QED) is 0.557. The highest BCUT2D eigenvalue weighted by Gasteiger charge is 2.47. The maximum absolute atomic E-state index is 12.6. The van der Waals surface area contributed by atoms with E-state index in [1.54, 1.807) is 28.2 Å². The number of ether oxygens (including phenoxy) is 1. The number of amides is 1. The fourth-order valence-corrected chi connectivity index (χ4v) is 4.74. The normalized spacial score (nSPS) is 22.2. The Balaban J connectivity index is 1.21. The molecular weight excluding hydrogens is 440 g/mol. The second-order valence-corrected chi connectivity index (χ2v) is 8.77. The zero-order chi connectivity index (χ0) is 23.3. The summed E-state index contributed by atoms with van der Waals surface area (Å²) in [5.74, 6) is 0. The largest absolute Gasteiger partial charge is 0.442 e. The van der Waals surface area contributed by atoms with Gasteiger partial charge in [-0.25, -0.2) is 9.48 Å². The van der Waals surface area contributed by atoms with Gasteiger partial charge in [-0.15, -0.1) is 5.10 Å². The number of pyridine rings is 1. The van der Waals surface area contributed by atoms with Crippen LogP contribution in [0.25, 0.3) is 11.1 Å². The van der Waals surface area contributed by atoms with Gasteiger partial charge in [-0.1, -0.05) is 22.5 Å². The minimum Gasteiger partial charge on any atom is -0.442 e. The zero-order valence-electron chi connectivity index (χ0n) is 18.1. The second-order valence-electron chi connectivity index (χ2n) is 8.77. The Kier molecular flexibility index (Phi) is 4.82. The van der Waals surface area contributed by atoms with Crippen LogP contribution in [0.3, 0.4) is 0 Å². The molecule has 1 amide bonds. The highest BCUT2D eigenvalue weighted by molar-refractivity contribution is 6.00. The summed E-state index contributed by atoms with van der Waals surface area (Å²) in [6.07, 6.45) is 5.46. The van der Waals surface area contributed by atoms with Crippen molar-refractivity contribution >= 4 is 17.5 Å². The Morgan fingerprint density at radius 3 is 2.71 bits per heavy atom. The standard InChI is InChI=1S/C23H22N6O5/c30-12-23(13-31)9-18(26-34-23)17-3-1-15(10-24-17)14-2-4-19-16(7-14)8-20-21(33-22(32)29(19)20)11-28-6-5-25-27-28/h1-7,10,20-21,30-31H,8-9,11-13H2/t20-,21-/m0/s1. The number of rotatable bonds is 6. The van der Waals surface area contributed by atoms with Gasteiger partial charge in [0, 0.05) is 24.4 Å². The Morgan fingerprint density at radius 2 is 2.00 bits per heavy atom. The first kappa shape index (κ1) is 20.8. The summed E-state index contributed by atoms with van der Waals surface area (Å²) in [4.78, 5) is 24.1. The molecule has 2 atom stereocenters. The molecule has 6 rings (SSSR count). The van der Waals surface area contributed by atoms with E-state index in [2.05, 4.69) is 26.5 Å². The summed E-state index contributed by atoms with van der Waals surface area (Å²) in [6.45, 7) is -0.190. The first-order valence-electron chi connectivity index (χ1n) is 11.0. The van der Waals surface area contributed by atoms with Crippen molar-refractivity contribution in [2.45, 2.75) is 37.1 Å². The Labute approximate surface area is 194 Å². The van der Waals surface area contributed by atoms with Crippen molar-refractivity contribution in [3.05, 3.63) is 60.2 Å². The molecule has 5 heterocycles. The summed E-state index contributed by atoms with van der Waals surface area (Å²) >= 11 is 0. The minimum atomic E-state index is -1.09. The summed E-state index contributed by atoms with van der Waals surface area (Å²) < 4.78 is 7.28. The van der Waals surface area contributed by atoms with E-state index in [-0.39, 0.29) is 37.9 Å². The summed E-state index contributed by atoms with van der Waals surface area (Å²) in [5.41, 5.74) is 3.99. The van der Waals surface area contributed by atoms with Gasteiger partial charge in [0.15, 0.2) is 5.60 Å². The third-order valence-corrected chi connectivity index (χ3v) is 6.62. The molecule has 0 unspecified atom stereocenters. The van der Waals surface area contributed by atoms with Crippen molar-refractivity contribution in [2.75, 3.05) is 18.1 Å². The van der Waals surface area contributed by atoms with E-state index in [0.717, 1.165) is 22.4 Å². The van der Waals surface area contributed by atoms with Crippen LogP contribution in [0.15, 0.2) is 54.1 Å². The van der Waals surface area contributed by atoms with Crippen molar-refractivity contribution in [2.24, 2.45) is 5.16 Å². The number of fused-ring (bicyclic) bond motifs is 3. The molecule has 0 radical (unpaired) electrons. The van der Waals surface area contributed by atoms with E-state index < -0.39 is 5.60 Å². The van der Waals surface area contributed by atoms with Crippen LogP contribution in [0.2, 0.25) is 0 Å². The lowest BCUT2D eigenvalue weighted by Crippen LogP contribution is -2.37. The SMILES string of the molecule is O=C1O[C@@H](Cn2ccnn2)[C@@H]2Cc3cc(-c4ccc(C5=NOC(CO)(CO)C5)nc4)ccc3N12. The molecule has 2 N–H and O–H groups in total. The molecule has 2 aromatic heterocycles. The van der Waals surface area contributed by atoms with Gasteiger partial charge in [0.05, 0.1) is 43.4 Å². The number of anilines is 1. The van der Waals surface area contributed by atoms with E-state index >= 15 is 0 Å². The molecule has 3 aliphatic heterocycles. The average Bonchev–Trinajstić information content (AvgIpc) is 3.65. The van der Waals surface area contributed by atoms with E-state index in [9.17, 15) is 15.0 Å². The maximum Gasteiger partial charge on any atom is 0.415 e. The number of benzene rings is 1.